The number of ether oxygens (including phenoxy) is 1. The fourth-order valence-corrected chi connectivity index (χ4v) is 2.82. The first-order valence-electron chi connectivity index (χ1n) is 7.54. The molecule has 0 bridgehead atoms. The number of halogens is 3. The van der Waals surface area contributed by atoms with Crippen LogP contribution in [0.3, 0.4) is 0 Å². The summed E-state index contributed by atoms with van der Waals surface area (Å²) in [6, 6.07) is 5.44. The first-order valence-corrected chi connectivity index (χ1v) is 7.54. The van der Waals surface area contributed by atoms with E-state index in [1.165, 1.54) is 18.2 Å². The Morgan fingerprint density at radius 2 is 2.09 bits per heavy atom. The van der Waals surface area contributed by atoms with Gasteiger partial charge in [0.05, 0.1) is 6.04 Å². The highest BCUT2D eigenvalue weighted by molar-refractivity contribution is 5.82. The van der Waals surface area contributed by atoms with E-state index in [9.17, 15) is 18.0 Å². The summed E-state index contributed by atoms with van der Waals surface area (Å²) in [5, 5.41) is 5.88. The topological polar surface area (TPSA) is 50.4 Å². The van der Waals surface area contributed by atoms with Crippen molar-refractivity contribution in [2.45, 2.75) is 45.6 Å². The van der Waals surface area contributed by atoms with Crippen LogP contribution in [-0.4, -0.2) is 24.9 Å². The summed E-state index contributed by atoms with van der Waals surface area (Å²) in [6.07, 6.45) is -2.84. The Hall–Kier alpha value is -1.76. The molecule has 7 heteroatoms. The molecule has 2 N–H and O–H groups in total. The van der Waals surface area contributed by atoms with Crippen molar-refractivity contribution in [1.29, 1.82) is 0 Å². The van der Waals surface area contributed by atoms with Crippen LogP contribution in [0.4, 0.5) is 13.2 Å². The molecule has 0 aliphatic carbocycles. The van der Waals surface area contributed by atoms with E-state index in [-0.39, 0.29) is 35.2 Å². The van der Waals surface area contributed by atoms with Crippen LogP contribution in [0.1, 0.15) is 32.3 Å². The Morgan fingerprint density at radius 3 is 2.74 bits per heavy atom. The maximum atomic E-state index is 12.4. The molecule has 0 saturated carbocycles. The predicted molar refractivity (Wildman–Crippen MR) is 79.8 cm³/mol. The van der Waals surface area contributed by atoms with Crippen molar-refractivity contribution >= 4 is 5.91 Å². The highest BCUT2D eigenvalue weighted by Gasteiger charge is 2.37. The van der Waals surface area contributed by atoms with Gasteiger partial charge in [0.25, 0.3) is 0 Å². The van der Waals surface area contributed by atoms with Crippen molar-refractivity contribution in [1.82, 2.24) is 10.6 Å². The van der Waals surface area contributed by atoms with Crippen molar-refractivity contribution in [2.75, 3.05) is 6.54 Å². The Balaban J connectivity index is 2.02. The largest absolute Gasteiger partial charge is 0.573 e. The van der Waals surface area contributed by atoms with Crippen molar-refractivity contribution in [2.24, 2.45) is 5.41 Å². The average Bonchev–Trinajstić information content (AvgIpc) is 2.44. The molecule has 1 aliphatic heterocycles. The van der Waals surface area contributed by atoms with Gasteiger partial charge in [-0.15, -0.1) is 13.2 Å². The summed E-state index contributed by atoms with van der Waals surface area (Å²) >= 11 is 0. The smallest absolute Gasteiger partial charge is 0.405 e. The van der Waals surface area contributed by atoms with E-state index in [1.54, 1.807) is 6.07 Å². The van der Waals surface area contributed by atoms with Crippen LogP contribution in [0, 0.1) is 5.41 Å². The molecule has 1 heterocycles. The highest BCUT2D eigenvalue weighted by atomic mass is 19.4. The molecule has 0 spiro atoms. The molecular formula is C16H21F3N2O2. The number of piperidine rings is 1. The van der Waals surface area contributed by atoms with Gasteiger partial charge in [0.15, 0.2) is 0 Å². The number of amides is 1. The standard InChI is InChI=1S/C16H21F3N2O2/c1-15(2)8-5-9-20-13(15)14(22)21-10-11-6-3-4-7-12(11)23-16(17,18)19/h3-4,6-7,13,20H,5,8-10H2,1-2H3,(H,21,22). The van der Waals surface area contributed by atoms with Crippen molar-refractivity contribution in [3.8, 4) is 5.75 Å². The number of carbonyl (C=O) groups is 1. The minimum Gasteiger partial charge on any atom is -0.405 e. The van der Waals surface area contributed by atoms with E-state index < -0.39 is 6.36 Å². The van der Waals surface area contributed by atoms with E-state index in [2.05, 4.69) is 15.4 Å². The molecule has 0 radical (unpaired) electrons. The Kier molecular flexibility index (Phi) is 5.19. The zero-order valence-electron chi connectivity index (χ0n) is 13.2. The second kappa shape index (κ2) is 6.78. The summed E-state index contributed by atoms with van der Waals surface area (Å²) in [7, 11) is 0. The van der Waals surface area contributed by atoms with Crippen LogP contribution in [0.5, 0.6) is 5.75 Å². The highest BCUT2D eigenvalue weighted by Crippen LogP contribution is 2.30. The molecule has 1 fully saturated rings. The lowest BCUT2D eigenvalue weighted by atomic mass is 9.77. The predicted octanol–water partition coefficient (Wildman–Crippen LogP) is 2.98. The van der Waals surface area contributed by atoms with Crippen molar-refractivity contribution in [3.63, 3.8) is 0 Å². The van der Waals surface area contributed by atoms with E-state index >= 15 is 0 Å². The fourth-order valence-electron chi connectivity index (χ4n) is 2.82. The van der Waals surface area contributed by atoms with Gasteiger partial charge in [-0.05, 0) is 30.9 Å². The number of para-hydroxylation sites is 1. The molecule has 2 rings (SSSR count). The number of benzene rings is 1. The Morgan fingerprint density at radius 1 is 1.39 bits per heavy atom. The van der Waals surface area contributed by atoms with Gasteiger partial charge in [0.2, 0.25) is 5.91 Å². The van der Waals surface area contributed by atoms with Gasteiger partial charge in [0.1, 0.15) is 5.75 Å². The van der Waals surface area contributed by atoms with Crippen LogP contribution in [0.2, 0.25) is 0 Å². The quantitative estimate of drug-likeness (QED) is 0.892. The van der Waals surface area contributed by atoms with Gasteiger partial charge in [-0.1, -0.05) is 32.0 Å². The van der Waals surface area contributed by atoms with Gasteiger partial charge in [0, 0.05) is 12.1 Å². The monoisotopic (exact) mass is 330 g/mol. The van der Waals surface area contributed by atoms with Crippen LogP contribution >= 0.6 is 0 Å². The summed E-state index contributed by atoms with van der Waals surface area (Å²) in [5.74, 6) is -0.507. The second-order valence-corrected chi connectivity index (χ2v) is 6.35. The molecule has 0 aromatic heterocycles. The molecule has 128 valence electrons. The number of nitrogens with one attached hydrogen (secondary N) is 2. The molecule has 1 aromatic carbocycles. The normalized spacial score (nSPS) is 20.8. The molecule has 1 unspecified atom stereocenters. The zero-order chi connectivity index (χ0) is 17.1. The first kappa shape index (κ1) is 17.6. The van der Waals surface area contributed by atoms with Gasteiger partial charge in [-0.25, -0.2) is 0 Å². The maximum absolute atomic E-state index is 12.4. The molecule has 1 atom stereocenters. The lowest BCUT2D eigenvalue weighted by molar-refractivity contribution is -0.274. The van der Waals surface area contributed by atoms with Gasteiger partial charge >= 0.3 is 6.36 Å². The third kappa shape index (κ3) is 4.86. The maximum Gasteiger partial charge on any atom is 0.573 e. The minimum absolute atomic E-state index is 0.0145. The van der Waals surface area contributed by atoms with Gasteiger partial charge in [-0.3, -0.25) is 4.79 Å². The van der Waals surface area contributed by atoms with Gasteiger partial charge < -0.3 is 15.4 Å². The number of hydrogen-bond acceptors (Lipinski definition) is 3. The molecular weight excluding hydrogens is 309 g/mol. The Labute approximate surface area is 133 Å². The van der Waals surface area contributed by atoms with Crippen LogP contribution in [-0.2, 0) is 11.3 Å². The number of hydrogen-bond donors (Lipinski definition) is 2. The van der Waals surface area contributed by atoms with Gasteiger partial charge in [-0.2, -0.15) is 0 Å². The summed E-state index contributed by atoms with van der Waals surface area (Å²) in [6.45, 7) is 4.75. The van der Waals surface area contributed by atoms with Crippen LogP contribution in [0.25, 0.3) is 0 Å². The first-order chi connectivity index (χ1) is 10.7. The molecule has 1 aliphatic rings. The number of carbonyl (C=O) groups excluding carboxylic acids is 1. The third-order valence-corrected chi connectivity index (χ3v) is 4.04. The number of alkyl halides is 3. The SMILES string of the molecule is CC1(C)CCCNC1C(=O)NCc1ccccc1OC(F)(F)F. The van der Waals surface area contributed by atoms with E-state index in [4.69, 9.17) is 0 Å². The fraction of sp³-hybridized carbons (Fsp3) is 0.562. The summed E-state index contributed by atoms with van der Waals surface area (Å²) in [4.78, 5) is 12.3. The van der Waals surface area contributed by atoms with Crippen LogP contribution in [0.15, 0.2) is 24.3 Å². The summed E-state index contributed by atoms with van der Waals surface area (Å²) < 4.78 is 41.2. The molecule has 1 saturated heterocycles. The third-order valence-electron chi connectivity index (χ3n) is 4.04. The zero-order valence-corrected chi connectivity index (χ0v) is 13.2. The summed E-state index contributed by atoms with van der Waals surface area (Å²) in [5.41, 5.74) is 0.0939. The van der Waals surface area contributed by atoms with E-state index in [0.29, 0.717) is 0 Å². The lowest BCUT2D eigenvalue weighted by Gasteiger charge is -2.38. The molecule has 4 nitrogen and oxygen atoms in total. The van der Waals surface area contributed by atoms with Crippen molar-refractivity contribution < 1.29 is 22.7 Å². The average molecular weight is 330 g/mol. The number of rotatable bonds is 4. The second-order valence-electron chi connectivity index (χ2n) is 6.35. The van der Waals surface area contributed by atoms with Crippen LogP contribution < -0.4 is 15.4 Å². The lowest BCUT2D eigenvalue weighted by Crippen LogP contribution is -2.55. The van der Waals surface area contributed by atoms with E-state index in [0.717, 1.165) is 19.4 Å². The Bertz CT molecular complexity index is 559. The molecule has 23 heavy (non-hydrogen) atoms. The molecule has 1 amide bonds. The molecule has 1 aromatic rings. The van der Waals surface area contributed by atoms with E-state index in [1.807, 2.05) is 13.8 Å². The minimum atomic E-state index is -4.76. The van der Waals surface area contributed by atoms with Crippen molar-refractivity contribution in [3.05, 3.63) is 29.8 Å².